The summed E-state index contributed by atoms with van der Waals surface area (Å²) in [5.74, 6) is 0.282. The van der Waals surface area contributed by atoms with Gasteiger partial charge in [0.25, 0.3) is 0 Å². The molecule has 1 N–H and O–H groups in total. The van der Waals surface area contributed by atoms with Gasteiger partial charge in [0.1, 0.15) is 0 Å². The van der Waals surface area contributed by atoms with Gasteiger partial charge in [-0.15, -0.1) is 0 Å². The zero-order valence-electron chi connectivity index (χ0n) is 18.7. The van der Waals surface area contributed by atoms with Gasteiger partial charge in [-0.1, -0.05) is 55.8 Å². The maximum absolute atomic E-state index is 10.0. The summed E-state index contributed by atoms with van der Waals surface area (Å²) in [6.45, 7) is 13.0. The molecule has 0 spiro atoms. The first-order chi connectivity index (χ1) is 13.6. The van der Waals surface area contributed by atoms with E-state index in [9.17, 15) is 5.11 Å². The summed E-state index contributed by atoms with van der Waals surface area (Å²) in [6.07, 6.45) is 2.49. The van der Waals surface area contributed by atoms with E-state index in [1.807, 2.05) is 19.2 Å². The number of halogens is 1. The van der Waals surface area contributed by atoms with Crippen molar-refractivity contribution in [3.8, 4) is 0 Å². The molecule has 1 atom stereocenters. The quantitative estimate of drug-likeness (QED) is 0.469. The summed E-state index contributed by atoms with van der Waals surface area (Å²) in [5.41, 5.74) is 6.80. The molecule has 158 valence electrons. The lowest BCUT2D eigenvalue weighted by atomic mass is 9.77. The molecule has 0 amide bonds. The van der Waals surface area contributed by atoms with Crippen LogP contribution in [0.2, 0.25) is 0 Å². The van der Waals surface area contributed by atoms with E-state index >= 15 is 0 Å². The van der Waals surface area contributed by atoms with Crippen molar-refractivity contribution in [2.45, 2.75) is 54.1 Å². The standard InChI is InChI=1S/C25H34BrNO2/c1-16(2)23(20-9-8-12-27-24(20)18(4)29-7)22(14-25(5,6)15-28)21-13-19(26)11-10-17(21)3/h8-13,16,18,28H,14-15H2,1-7H3/b23-22+. The van der Waals surface area contributed by atoms with Crippen molar-refractivity contribution in [3.63, 3.8) is 0 Å². The van der Waals surface area contributed by atoms with Crippen LogP contribution in [0.15, 0.2) is 41.0 Å². The molecule has 0 saturated carbocycles. The van der Waals surface area contributed by atoms with Crippen LogP contribution in [0.4, 0.5) is 0 Å². The minimum Gasteiger partial charge on any atom is -0.396 e. The highest BCUT2D eigenvalue weighted by Crippen LogP contribution is 2.42. The maximum atomic E-state index is 10.0. The number of hydrogen-bond acceptors (Lipinski definition) is 3. The fraction of sp³-hybridized carbons (Fsp3) is 0.480. The molecular formula is C25H34BrNO2. The summed E-state index contributed by atoms with van der Waals surface area (Å²) in [6, 6.07) is 10.5. The van der Waals surface area contributed by atoms with E-state index in [1.54, 1.807) is 7.11 Å². The Kier molecular flexibility index (Phi) is 8.21. The number of aliphatic hydroxyl groups excluding tert-OH is 1. The molecule has 3 nitrogen and oxygen atoms in total. The first-order valence-electron chi connectivity index (χ1n) is 10.2. The number of benzene rings is 1. The summed E-state index contributed by atoms with van der Waals surface area (Å²) in [5, 5.41) is 10.0. The van der Waals surface area contributed by atoms with Gasteiger partial charge in [0.15, 0.2) is 0 Å². The Labute approximate surface area is 184 Å². The molecule has 1 unspecified atom stereocenters. The molecule has 1 aromatic carbocycles. The van der Waals surface area contributed by atoms with E-state index in [1.165, 1.54) is 22.3 Å². The first-order valence-corrected chi connectivity index (χ1v) is 11.0. The molecule has 0 bridgehead atoms. The van der Waals surface area contributed by atoms with E-state index in [4.69, 9.17) is 4.74 Å². The molecule has 4 heteroatoms. The number of rotatable bonds is 8. The van der Waals surface area contributed by atoms with Gasteiger partial charge in [-0.2, -0.15) is 0 Å². The van der Waals surface area contributed by atoms with Crippen molar-refractivity contribution in [2.24, 2.45) is 11.3 Å². The molecule has 0 fully saturated rings. The Morgan fingerprint density at radius 2 is 1.86 bits per heavy atom. The first kappa shape index (κ1) is 23.8. The monoisotopic (exact) mass is 459 g/mol. The van der Waals surface area contributed by atoms with E-state index in [0.717, 1.165) is 22.2 Å². The van der Waals surface area contributed by atoms with Crippen molar-refractivity contribution in [1.82, 2.24) is 4.98 Å². The molecule has 1 aromatic heterocycles. The van der Waals surface area contributed by atoms with Crippen molar-refractivity contribution in [1.29, 1.82) is 0 Å². The number of nitrogens with zero attached hydrogens (tertiary/aromatic N) is 1. The van der Waals surface area contributed by atoms with Crippen molar-refractivity contribution in [3.05, 3.63) is 63.4 Å². The Hall–Kier alpha value is -1.49. The summed E-state index contributed by atoms with van der Waals surface area (Å²) in [7, 11) is 1.72. The lowest BCUT2D eigenvalue weighted by Crippen LogP contribution is -2.19. The van der Waals surface area contributed by atoms with Gasteiger partial charge >= 0.3 is 0 Å². The topological polar surface area (TPSA) is 42.4 Å². The van der Waals surface area contributed by atoms with Gasteiger partial charge in [-0.05, 0) is 72.1 Å². The summed E-state index contributed by atoms with van der Waals surface area (Å²) < 4.78 is 6.68. The van der Waals surface area contributed by atoms with Crippen LogP contribution < -0.4 is 0 Å². The minimum atomic E-state index is -0.237. The average Bonchev–Trinajstić information content (AvgIpc) is 2.68. The second-order valence-electron chi connectivity index (χ2n) is 8.82. The Morgan fingerprint density at radius 1 is 1.17 bits per heavy atom. The van der Waals surface area contributed by atoms with E-state index < -0.39 is 0 Å². The number of aryl methyl sites for hydroxylation is 1. The van der Waals surface area contributed by atoms with E-state index in [2.05, 4.69) is 79.8 Å². The number of hydrogen-bond donors (Lipinski definition) is 1. The number of aromatic nitrogens is 1. The third-order valence-corrected chi connectivity index (χ3v) is 5.87. The molecule has 0 aliphatic heterocycles. The third-order valence-electron chi connectivity index (χ3n) is 5.38. The molecule has 2 aromatic rings. The zero-order valence-corrected chi connectivity index (χ0v) is 20.3. The normalized spacial score (nSPS) is 14.1. The summed E-state index contributed by atoms with van der Waals surface area (Å²) >= 11 is 3.65. The fourth-order valence-corrected chi connectivity index (χ4v) is 4.05. The molecule has 0 saturated heterocycles. The largest absolute Gasteiger partial charge is 0.396 e. The lowest BCUT2D eigenvalue weighted by molar-refractivity contribution is 0.115. The van der Waals surface area contributed by atoms with Crippen LogP contribution in [-0.2, 0) is 4.74 Å². The average molecular weight is 460 g/mol. The van der Waals surface area contributed by atoms with Crippen LogP contribution in [0.3, 0.4) is 0 Å². The van der Waals surface area contributed by atoms with Crippen LogP contribution in [0.5, 0.6) is 0 Å². The van der Waals surface area contributed by atoms with Crippen LogP contribution in [0.1, 0.15) is 69.5 Å². The molecule has 2 rings (SSSR count). The van der Waals surface area contributed by atoms with E-state index in [0.29, 0.717) is 0 Å². The smallest absolute Gasteiger partial charge is 0.0968 e. The van der Waals surface area contributed by atoms with Gasteiger partial charge in [0.05, 0.1) is 11.8 Å². The highest BCUT2D eigenvalue weighted by atomic mass is 79.9. The number of allylic oxidation sites excluding steroid dienone is 2. The number of methoxy groups -OCH3 is 1. The second kappa shape index (κ2) is 10.0. The molecular weight excluding hydrogens is 426 g/mol. The molecule has 0 radical (unpaired) electrons. The lowest BCUT2D eigenvalue weighted by Gasteiger charge is -2.29. The van der Waals surface area contributed by atoms with Crippen LogP contribution >= 0.6 is 15.9 Å². The highest BCUT2D eigenvalue weighted by molar-refractivity contribution is 9.10. The van der Waals surface area contributed by atoms with Crippen molar-refractivity contribution < 1.29 is 9.84 Å². The van der Waals surface area contributed by atoms with Crippen molar-refractivity contribution >= 4 is 27.1 Å². The predicted octanol–water partition coefficient (Wildman–Crippen LogP) is 6.84. The molecule has 1 heterocycles. The Bertz CT molecular complexity index is 871. The van der Waals surface area contributed by atoms with Gasteiger partial charge in [-0.3, -0.25) is 4.98 Å². The van der Waals surface area contributed by atoms with Gasteiger partial charge in [0.2, 0.25) is 0 Å². The van der Waals surface area contributed by atoms with Crippen LogP contribution in [-0.4, -0.2) is 23.8 Å². The van der Waals surface area contributed by atoms with Gasteiger partial charge in [-0.25, -0.2) is 0 Å². The Balaban J connectivity index is 2.89. The minimum absolute atomic E-state index is 0.101. The SMILES string of the molecule is COC(C)c1ncccc1/C(=C(\CC(C)(C)CO)c1cc(Br)ccc1C)C(C)C. The second-order valence-corrected chi connectivity index (χ2v) is 9.74. The van der Waals surface area contributed by atoms with Crippen LogP contribution in [0.25, 0.3) is 11.1 Å². The van der Waals surface area contributed by atoms with Gasteiger partial charge < -0.3 is 9.84 Å². The third kappa shape index (κ3) is 5.78. The van der Waals surface area contributed by atoms with Gasteiger partial charge in [0, 0.05) is 29.9 Å². The highest BCUT2D eigenvalue weighted by Gasteiger charge is 2.26. The zero-order chi connectivity index (χ0) is 21.8. The fourth-order valence-electron chi connectivity index (χ4n) is 3.69. The van der Waals surface area contributed by atoms with Crippen LogP contribution in [0, 0.1) is 18.3 Å². The van der Waals surface area contributed by atoms with Crippen molar-refractivity contribution in [2.75, 3.05) is 13.7 Å². The molecule has 29 heavy (non-hydrogen) atoms. The Morgan fingerprint density at radius 3 is 2.45 bits per heavy atom. The molecule has 0 aliphatic rings. The van der Waals surface area contributed by atoms with E-state index in [-0.39, 0.29) is 24.0 Å². The predicted molar refractivity (Wildman–Crippen MR) is 126 cm³/mol. The number of aliphatic hydroxyl groups is 1. The number of pyridine rings is 1. The summed E-state index contributed by atoms with van der Waals surface area (Å²) in [4.78, 5) is 4.67. The maximum Gasteiger partial charge on any atom is 0.0968 e. The molecule has 0 aliphatic carbocycles. The number of ether oxygens (including phenoxy) is 1.